The van der Waals surface area contributed by atoms with Crippen molar-refractivity contribution in [3.8, 4) is 12.3 Å². The summed E-state index contributed by atoms with van der Waals surface area (Å²) in [7, 11) is 0. The molecule has 0 aromatic rings. The molecule has 0 fully saturated rings. The van der Waals surface area contributed by atoms with Crippen molar-refractivity contribution in [3.05, 3.63) is 12.8 Å². The Morgan fingerprint density at radius 3 is 1.43 bits per heavy atom. The number of ether oxygens (including phenoxy) is 6. The van der Waals surface area contributed by atoms with Crippen molar-refractivity contribution in [1.82, 2.24) is 0 Å². The van der Waals surface area contributed by atoms with Crippen molar-refractivity contribution in [3.63, 3.8) is 0 Å². The van der Waals surface area contributed by atoms with Crippen LogP contribution < -0.4 is 0 Å². The van der Waals surface area contributed by atoms with Crippen LogP contribution in [0.4, 0.5) is 0 Å². The minimum Gasteiger partial charge on any atom is -0.499 e. The number of hydrogen-bond acceptors (Lipinski definition) is 6. The Morgan fingerprint density at radius 2 is 1.05 bits per heavy atom. The van der Waals surface area contributed by atoms with Crippen LogP contribution in [0.25, 0.3) is 0 Å². The Hall–Kier alpha value is -1.10. The van der Waals surface area contributed by atoms with Gasteiger partial charge in [-0.3, -0.25) is 0 Å². The van der Waals surface area contributed by atoms with Gasteiger partial charge in [-0.25, -0.2) is 0 Å². The standard InChI is InChI=1S/C15H26O6/c1-3-5-17-8-9-19-12-13-21-15-14-20-11-10-18-7-6-16-4-2/h1,4H,2,5-15H2. The zero-order valence-electron chi connectivity index (χ0n) is 12.6. The van der Waals surface area contributed by atoms with Crippen LogP contribution in [0.2, 0.25) is 0 Å². The van der Waals surface area contributed by atoms with E-state index in [1.54, 1.807) is 0 Å². The summed E-state index contributed by atoms with van der Waals surface area (Å²) in [5.41, 5.74) is 0. The minimum atomic E-state index is 0.322. The molecule has 0 heterocycles. The molecule has 0 aromatic carbocycles. The van der Waals surface area contributed by atoms with Crippen LogP contribution >= 0.6 is 0 Å². The molecule has 0 aliphatic heterocycles. The Morgan fingerprint density at radius 1 is 0.667 bits per heavy atom. The van der Waals surface area contributed by atoms with Crippen molar-refractivity contribution in [2.75, 3.05) is 72.7 Å². The Labute approximate surface area is 127 Å². The second kappa shape index (κ2) is 18.9. The van der Waals surface area contributed by atoms with Crippen molar-refractivity contribution in [2.45, 2.75) is 0 Å². The average molecular weight is 302 g/mol. The fourth-order valence-corrected chi connectivity index (χ4v) is 1.20. The summed E-state index contributed by atoms with van der Waals surface area (Å²) < 4.78 is 31.1. The third-order valence-corrected chi connectivity index (χ3v) is 2.14. The zero-order valence-corrected chi connectivity index (χ0v) is 12.6. The highest BCUT2D eigenvalue weighted by molar-refractivity contribution is 4.82. The fraction of sp³-hybridized carbons (Fsp3) is 0.733. The van der Waals surface area contributed by atoms with Gasteiger partial charge in [0, 0.05) is 0 Å². The van der Waals surface area contributed by atoms with Gasteiger partial charge in [-0.1, -0.05) is 12.5 Å². The second-order valence-electron chi connectivity index (χ2n) is 3.74. The topological polar surface area (TPSA) is 55.4 Å². The van der Waals surface area contributed by atoms with E-state index < -0.39 is 0 Å². The molecule has 0 amide bonds. The molecule has 0 aliphatic carbocycles. The first kappa shape index (κ1) is 19.9. The van der Waals surface area contributed by atoms with E-state index in [1.165, 1.54) is 6.26 Å². The van der Waals surface area contributed by atoms with Gasteiger partial charge in [-0.05, 0) is 0 Å². The first-order valence-electron chi connectivity index (χ1n) is 6.96. The van der Waals surface area contributed by atoms with Gasteiger partial charge in [0.25, 0.3) is 0 Å². The van der Waals surface area contributed by atoms with Crippen LogP contribution in [0.1, 0.15) is 0 Å². The summed E-state index contributed by atoms with van der Waals surface area (Å²) in [5.74, 6) is 2.38. The summed E-state index contributed by atoms with van der Waals surface area (Å²) in [4.78, 5) is 0. The van der Waals surface area contributed by atoms with Gasteiger partial charge in [0.2, 0.25) is 0 Å². The smallest absolute Gasteiger partial charge is 0.111 e. The molecule has 0 spiro atoms. The lowest BCUT2D eigenvalue weighted by molar-refractivity contribution is -0.0120. The van der Waals surface area contributed by atoms with Gasteiger partial charge >= 0.3 is 0 Å². The first-order chi connectivity index (χ1) is 10.4. The molecule has 0 radical (unpaired) electrons. The molecule has 122 valence electrons. The summed E-state index contributed by atoms with van der Waals surface area (Å²) in [6.45, 7) is 9.06. The van der Waals surface area contributed by atoms with Gasteiger partial charge in [0.15, 0.2) is 0 Å². The van der Waals surface area contributed by atoms with Gasteiger partial charge in [-0.15, -0.1) is 6.42 Å². The number of hydrogen-bond donors (Lipinski definition) is 0. The van der Waals surface area contributed by atoms with Crippen LogP contribution in [0.3, 0.4) is 0 Å². The molecule has 0 aliphatic rings. The third-order valence-electron chi connectivity index (χ3n) is 2.14. The molecular formula is C15H26O6. The molecule has 0 rings (SSSR count). The highest BCUT2D eigenvalue weighted by Crippen LogP contribution is 1.84. The van der Waals surface area contributed by atoms with E-state index in [-0.39, 0.29) is 0 Å². The molecule has 0 saturated carbocycles. The zero-order chi connectivity index (χ0) is 15.4. The minimum absolute atomic E-state index is 0.322. The quantitative estimate of drug-likeness (QED) is 0.226. The van der Waals surface area contributed by atoms with Gasteiger partial charge in [0.05, 0.1) is 65.7 Å². The lowest BCUT2D eigenvalue weighted by Crippen LogP contribution is -2.13. The molecule has 6 nitrogen and oxygen atoms in total. The fourth-order valence-electron chi connectivity index (χ4n) is 1.20. The predicted molar refractivity (Wildman–Crippen MR) is 79.1 cm³/mol. The van der Waals surface area contributed by atoms with Crippen molar-refractivity contribution in [2.24, 2.45) is 0 Å². The highest BCUT2D eigenvalue weighted by Gasteiger charge is 1.93. The Balaban J connectivity index is 2.93. The van der Waals surface area contributed by atoms with E-state index in [1.807, 2.05) is 0 Å². The summed E-state index contributed by atoms with van der Waals surface area (Å²) in [6, 6.07) is 0. The third kappa shape index (κ3) is 18.9. The summed E-state index contributed by atoms with van der Waals surface area (Å²) in [5, 5.41) is 0. The number of rotatable bonds is 17. The predicted octanol–water partition coefficient (Wildman–Crippen LogP) is 0.863. The molecular weight excluding hydrogens is 276 g/mol. The van der Waals surface area contributed by atoms with E-state index in [2.05, 4.69) is 12.5 Å². The Kier molecular flexibility index (Phi) is 17.9. The molecule has 0 unspecified atom stereocenters. The molecule has 21 heavy (non-hydrogen) atoms. The van der Waals surface area contributed by atoms with Gasteiger partial charge in [-0.2, -0.15) is 0 Å². The maximum absolute atomic E-state index is 5.33. The largest absolute Gasteiger partial charge is 0.499 e. The van der Waals surface area contributed by atoms with E-state index in [9.17, 15) is 0 Å². The van der Waals surface area contributed by atoms with E-state index in [0.29, 0.717) is 72.7 Å². The molecule has 0 atom stereocenters. The SMILES string of the molecule is C#CCOCCOCCOCCOCCOCCOC=C. The maximum atomic E-state index is 5.33. The van der Waals surface area contributed by atoms with E-state index in [0.717, 1.165) is 0 Å². The molecule has 6 heteroatoms. The van der Waals surface area contributed by atoms with Gasteiger partial charge < -0.3 is 28.4 Å². The second-order valence-corrected chi connectivity index (χ2v) is 3.74. The molecule has 0 saturated heterocycles. The lowest BCUT2D eigenvalue weighted by Gasteiger charge is -2.07. The molecule has 0 bridgehead atoms. The molecule has 0 N–H and O–H groups in total. The van der Waals surface area contributed by atoms with Crippen molar-refractivity contribution >= 4 is 0 Å². The first-order valence-corrected chi connectivity index (χ1v) is 6.96. The van der Waals surface area contributed by atoms with Gasteiger partial charge in [0.1, 0.15) is 13.2 Å². The van der Waals surface area contributed by atoms with Crippen molar-refractivity contribution < 1.29 is 28.4 Å². The lowest BCUT2D eigenvalue weighted by atomic mass is 10.7. The van der Waals surface area contributed by atoms with Crippen LogP contribution in [-0.2, 0) is 28.4 Å². The normalized spacial score (nSPS) is 10.2. The highest BCUT2D eigenvalue weighted by atomic mass is 16.6. The summed E-state index contributed by atoms with van der Waals surface area (Å²) in [6.07, 6.45) is 6.42. The van der Waals surface area contributed by atoms with Crippen LogP contribution in [0.15, 0.2) is 12.8 Å². The van der Waals surface area contributed by atoms with Crippen molar-refractivity contribution in [1.29, 1.82) is 0 Å². The number of terminal acetylenes is 1. The van der Waals surface area contributed by atoms with E-state index >= 15 is 0 Å². The monoisotopic (exact) mass is 302 g/mol. The van der Waals surface area contributed by atoms with Crippen LogP contribution in [0, 0.1) is 12.3 Å². The molecule has 0 aromatic heterocycles. The van der Waals surface area contributed by atoms with E-state index in [4.69, 9.17) is 34.8 Å². The average Bonchev–Trinajstić information content (AvgIpc) is 2.50. The van der Waals surface area contributed by atoms with Crippen LogP contribution in [0.5, 0.6) is 0 Å². The Bertz CT molecular complexity index is 251. The van der Waals surface area contributed by atoms with Crippen LogP contribution in [-0.4, -0.2) is 72.7 Å². The maximum Gasteiger partial charge on any atom is 0.111 e. The summed E-state index contributed by atoms with van der Waals surface area (Å²) >= 11 is 0.